The third-order valence-corrected chi connectivity index (χ3v) is 4.32. The van der Waals surface area contributed by atoms with E-state index in [0.29, 0.717) is 20.9 Å². The van der Waals surface area contributed by atoms with Gasteiger partial charge in [-0.2, -0.15) is 0 Å². The predicted octanol–water partition coefficient (Wildman–Crippen LogP) is 3.98. The number of amides is 1. The number of rotatable bonds is 5. The van der Waals surface area contributed by atoms with E-state index in [9.17, 15) is 4.79 Å². The summed E-state index contributed by atoms with van der Waals surface area (Å²) < 4.78 is 1.90. The normalized spacial score (nSPS) is 11.0. The summed E-state index contributed by atoms with van der Waals surface area (Å²) in [4.78, 5) is 12.0. The third kappa shape index (κ3) is 4.38. The van der Waals surface area contributed by atoms with Gasteiger partial charge in [-0.25, -0.2) is 0 Å². The van der Waals surface area contributed by atoms with Crippen LogP contribution < -0.4 is 5.32 Å². The highest BCUT2D eigenvalue weighted by atomic mass is 35.5. The molecule has 0 atom stereocenters. The van der Waals surface area contributed by atoms with E-state index in [0.717, 1.165) is 5.82 Å². The summed E-state index contributed by atoms with van der Waals surface area (Å²) in [5.41, 5.74) is 0.573. The SMILES string of the molecule is CC(C)c1nnc(SCC(=O)Nc2cc(Cl)cc(Cl)c2)n1C. The Morgan fingerprint density at radius 2 is 1.91 bits per heavy atom. The van der Waals surface area contributed by atoms with Crippen molar-refractivity contribution < 1.29 is 4.79 Å². The van der Waals surface area contributed by atoms with Gasteiger partial charge >= 0.3 is 0 Å². The van der Waals surface area contributed by atoms with Crippen molar-refractivity contribution in [2.45, 2.75) is 24.9 Å². The van der Waals surface area contributed by atoms with E-state index < -0.39 is 0 Å². The van der Waals surface area contributed by atoms with E-state index in [-0.39, 0.29) is 17.6 Å². The molecule has 0 unspecified atom stereocenters. The van der Waals surface area contributed by atoms with Crippen LogP contribution in [0.1, 0.15) is 25.6 Å². The van der Waals surface area contributed by atoms with Crippen LogP contribution in [-0.4, -0.2) is 26.4 Å². The van der Waals surface area contributed by atoms with Crippen LogP contribution in [0.5, 0.6) is 0 Å². The van der Waals surface area contributed by atoms with Crippen LogP contribution in [0.4, 0.5) is 5.69 Å². The average molecular weight is 359 g/mol. The Labute approximate surface area is 143 Å². The van der Waals surface area contributed by atoms with E-state index in [1.54, 1.807) is 18.2 Å². The Morgan fingerprint density at radius 1 is 1.27 bits per heavy atom. The number of nitrogens with zero attached hydrogens (tertiary/aromatic N) is 3. The molecule has 0 radical (unpaired) electrons. The van der Waals surface area contributed by atoms with Crippen molar-refractivity contribution in [3.05, 3.63) is 34.1 Å². The quantitative estimate of drug-likeness (QED) is 0.821. The summed E-state index contributed by atoms with van der Waals surface area (Å²) in [6.45, 7) is 4.10. The molecule has 2 aromatic rings. The lowest BCUT2D eigenvalue weighted by Gasteiger charge is -2.07. The van der Waals surface area contributed by atoms with Gasteiger partial charge in [0.15, 0.2) is 5.16 Å². The van der Waals surface area contributed by atoms with Crippen molar-refractivity contribution in [1.82, 2.24) is 14.8 Å². The predicted molar refractivity (Wildman–Crippen MR) is 90.9 cm³/mol. The molecule has 1 N–H and O–H groups in total. The van der Waals surface area contributed by atoms with Crippen LogP contribution in [0.25, 0.3) is 0 Å². The Balaban J connectivity index is 1.95. The lowest BCUT2D eigenvalue weighted by atomic mass is 10.2. The van der Waals surface area contributed by atoms with E-state index in [1.165, 1.54) is 11.8 Å². The van der Waals surface area contributed by atoms with Gasteiger partial charge in [-0.05, 0) is 18.2 Å². The summed E-state index contributed by atoms with van der Waals surface area (Å²) in [5, 5.41) is 12.6. The third-order valence-electron chi connectivity index (χ3n) is 2.86. The van der Waals surface area contributed by atoms with Gasteiger partial charge in [-0.3, -0.25) is 4.79 Å². The maximum atomic E-state index is 12.0. The number of aromatic nitrogens is 3. The van der Waals surface area contributed by atoms with Crippen molar-refractivity contribution in [1.29, 1.82) is 0 Å². The van der Waals surface area contributed by atoms with Crippen molar-refractivity contribution in [2.75, 3.05) is 11.1 Å². The van der Waals surface area contributed by atoms with E-state index in [4.69, 9.17) is 23.2 Å². The standard InChI is InChI=1S/C14H16Cl2N4OS/c1-8(2)13-18-19-14(20(13)3)22-7-12(21)17-11-5-9(15)4-10(16)6-11/h4-6,8H,7H2,1-3H3,(H,17,21). The molecular weight excluding hydrogens is 343 g/mol. The minimum absolute atomic E-state index is 0.155. The molecular formula is C14H16Cl2N4OS. The minimum Gasteiger partial charge on any atom is -0.325 e. The second kappa shape index (κ2) is 7.35. The number of anilines is 1. The van der Waals surface area contributed by atoms with Crippen LogP contribution in [0.3, 0.4) is 0 Å². The Bertz CT molecular complexity index is 667. The second-order valence-electron chi connectivity index (χ2n) is 5.05. The Hall–Kier alpha value is -1.24. The summed E-state index contributed by atoms with van der Waals surface area (Å²) in [6.07, 6.45) is 0. The monoisotopic (exact) mass is 358 g/mol. The molecule has 1 aromatic carbocycles. The maximum absolute atomic E-state index is 12.0. The van der Waals surface area contributed by atoms with Gasteiger partial charge in [-0.1, -0.05) is 48.8 Å². The number of halogens is 2. The van der Waals surface area contributed by atoms with Gasteiger partial charge in [0.25, 0.3) is 0 Å². The molecule has 5 nitrogen and oxygen atoms in total. The van der Waals surface area contributed by atoms with Crippen LogP contribution in [0.2, 0.25) is 10.0 Å². The first-order valence-corrected chi connectivity index (χ1v) is 8.39. The van der Waals surface area contributed by atoms with E-state index in [1.807, 2.05) is 25.5 Å². The average Bonchev–Trinajstić information content (AvgIpc) is 2.76. The molecule has 1 amide bonds. The van der Waals surface area contributed by atoms with Crippen molar-refractivity contribution in [3.8, 4) is 0 Å². The molecule has 0 saturated carbocycles. The number of thioether (sulfide) groups is 1. The molecule has 0 spiro atoms. The zero-order valence-electron chi connectivity index (χ0n) is 12.4. The smallest absolute Gasteiger partial charge is 0.234 e. The molecule has 0 aliphatic carbocycles. The van der Waals surface area contributed by atoms with Crippen LogP contribution >= 0.6 is 35.0 Å². The summed E-state index contributed by atoms with van der Waals surface area (Å²) >= 11 is 13.1. The van der Waals surface area contributed by atoms with E-state index in [2.05, 4.69) is 15.5 Å². The number of benzene rings is 1. The van der Waals surface area contributed by atoms with Gasteiger partial charge in [0.05, 0.1) is 5.75 Å². The maximum Gasteiger partial charge on any atom is 0.234 e. The van der Waals surface area contributed by atoms with Crippen LogP contribution in [0, 0.1) is 0 Å². The Morgan fingerprint density at radius 3 is 2.45 bits per heavy atom. The largest absolute Gasteiger partial charge is 0.325 e. The molecule has 0 aliphatic heterocycles. The topological polar surface area (TPSA) is 59.8 Å². The fourth-order valence-corrected chi connectivity index (χ4v) is 3.15. The lowest BCUT2D eigenvalue weighted by Crippen LogP contribution is -2.14. The van der Waals surface area contributed by atoms with Crippen molar-refractivity contribution in [3.63, 3.8) is 0 Å². The zero-order valence-corrected chi connectivity index (χ0v) is 14.8. The molecule has 0 saturated heterocycles. The number of hydrogen-bond donors (Lipinski definition) is 1. The van der Waals surface area contributed by atoms with Gasteiger partial charge in [0.1, 0.15) is 5.82 Å². The number of hydrogen-bond acceptors (Lipinski definition) is 4. The van der Waals surface area contributed by atoms with Gasteiger partial charge in [-0.15, -0.1) is 10.2 Å². The fraction of sp³-hybridized carbons (Fsp3) is 0.357. The highest BCUT2D eigenvalue weighted by molar-refractivity contribution is 7.99. The summed E-state index contributed by atoms with van der Waals surface area (Å²) in [5.74, 6) is 1.25. The molecule has 0 bridgehead atoms. The molecule has 22 heavy (non-hydrogen) atoms. The number of carbonyl (C=O) groups is 1. The van der Waals surface area contributed by atoms with E-state index >= 15 is 0 Å². The first-order chi connectivity index (χ1) is 10.4. The first-order valence-electron chi connectivity index (χ1n) is 6.65. The summed E-state index contributed by atoms with van der Waals surface area (Å²) in [6, 6.07) is 4.91. The molecule has 0 fully saturated rings. The van der Waals surface area contributed by atoms with Crippen LogP contribution in [0.15, 0.2) is 23.4 Å². The minimum atomic E-state index is -0.155. The molecule has 1 aromatic heterocycles. The second-order valence-corrected chi connectivity index (χ2v) is 6.86. The lowest BCUT2D eigenvalue weighted by molar-refractivity contribution is -0.113. The molecule has 2 rings (SSSR count). The number of nitrogens with one attached hydrogen (secondary N) is 1. The van der Waals surface area contributed by atoms with Gasteiger partial charge in [0, 0.05) is 28.7 Å². The summed E-state index contributed by atoms with van der Waals surface area (Å²) in [7, 11) is 1.90. The molecule has 0 aliphatic rings. The molecule has 118 valence electrons. The fourth-order valence-electron chi connectivity index (χ4n) is 1.91. The Kier molecular flexibility index (Phi) is 5.72. The van der Waals surface area contributed by atoms with Gasteiger partial charge < -0.3 is 9.88 Å². The highest BCUT2D eigenvalue weighted by Crippen LogP contribution is 2.23. The number of carbonyl (C=O) groups excluding carboxylic acids is 1. The van der Waals surface area contributed by atoms with Crippen molar-refractivity contribution >= 4 is 46.6 Å². The van der Waals surface area contributed by atoms with Crippen LogP contribution in [-0.2, 0) is 11.8 Å². The first kappa shape index (κ1) is 17.1. The molecule has 8 heteroatoms. The highest BCUT2D eigenvalue weighted by Gasteiger charge is 2.13. The van der Waals surface area contributed by atoms with Crippen molar-refractivity contribution in [2.24, 2.45) is 7.05 Å². The molecule has 1 heterocycles. The zero-order chi connectivity index (χ0) is 16.3. The van der Waals surface area contributed by atoms with Gasteiger partial charge in [0.2, 0.25) is 5.91 Å².